The third-order valence-corrected chi connectivity index (χ3v) is 1.48. The standard InChI is InChI=1S/C8H18N2O/c1-5-8(9-11-4)6-7-10(2)3/h5-7H2,1-4H3/b9-8-. The van der Waals surface area contributed by atoms with Crippen LogP contribution in [-0.2, 0) is 4.84 Å². The second-order valence-electron chi connectivity index (χ2n) is 2.75. The van der Waals surface area contributed by atoms with Crippen LogP contribution in [0.3, 0.4) is 0 Å². The first-order valence-electron chi connectivity index (χ1n) is 3.94. The van der Waals surface area contributed by atoms with Crippen molar-refractivity contribution in [2.75, 3.05) is 27.7 Å². The Bertz CT molecular complexity index is 121. The molecule has 11 heavy (non-hydrogen) atoms. The summed E-state index contributed by atoms with van der Waals surface area (Å²) in [6.45, 7) is 3.13. The van der Waals surface area contributed by atoms with Gasteiger partial charge in [-0.05, 0) is 20.5 Å². The monoisotopic (exact) mass is 158 g/mol. The third kappa shape index (κ3) is 5.85. The minimum atomic E-state index is 0.974. The van der Waals surface area contributed by atoms with E-state index in [1.807, 2.05) is 0 Å². The number of oxime groups is 1. The lowest BCUT2D eigenvalue weighted by Gasteiger charge is -2.08. The Labute approximate surface area is 69.0 Å². The topological polar surface area (TPSA) is 24.8 Å². The molecule has 0 aliphatic carbocycles. The maximum atomic E-state index is 4.70. The fourth-order valence-electron chi connectivity index (χ4n) is 0.769. The van der Waals surface area contributed by atoms with Crippen LogP contribution in [0.5, 0.6) is 0 Å². The van der Waals surface area contributed by atoms with Crippen molar-refractivity contribution in [1.29, 1.82) is 0 Å². The van der Waals surface area contributed by atoms with E-state index in [1.54, 1.807) is 7.11 Å². The first kappa shape index (κ1) is 10.4. The maximum Gasteiger partial charge on any atom is 0.106 e. The highest BCUT2D eigenvalue weighted by molar-refractivity contribution is 5.83. The summed E-state index contributed by atoms with van der Waals surface area (Å²) >= 11 is 0. The molecule has 3 nitrogen and oxygen atoms in total. The molecule has 0 aromatic rings. The molecule has 0 aromatic carbocycles. The molecule has 0 atom stereocenters. The van der Waals surface area contributed by atoms with Crippen molar-refractivity contribution >= 4 is 5.71 Å². The summed E-state index contributed by atoms with van der Waals surface area (Å²) in [6, 6.07) is 0. The van der Waals surface area contributed by atoms with Gasteiger partial charge in [-0.1, -0.05) is 12.1 Å². The van der Waals surface area contributed by atoms with E-state index in [1.165, 1.54) is 0 Å². The quantitative estimate of drug-likeness (QED) is 0.445. The van der Waals surface area contributed by atoms with Crippen LogP contribution >= 0.6 is 0 Å². The van der Waals surface area contributed by atoms with Crippen LogP contribution in [-0.4, -0.2) is 38.4 Å². The van der Waals surface area contributed by atoms with Crippen LogP contribution in [0.4, 0.5) is 0 Å². The van der Waals surface area contributed by atoms with Crippen LogP contribution in [0.15, 0.2) is 5.16 Å². The van der Waals surface area contributed by atoms with Crippen molar-refractivity contribution in [3.8, 4) is 0 Å². The van der Waals surface area contributed by atoms with Gasteiger partial charge in [0.25, 0.3) is 0 Å². The zero-order valence-corrected chi connectivity index (χ0v) is 7.92. The van der Waals surface area contributed by atoms with E-state index in [9.17, 15) is 0 Å². The summed E-state index contributed by atoms with van der Waals surface area (Å²) < 4.78 is 0. The zero-order chi connectivity index (χ0) is 8.69. The van der Waals surface area contributed by atoms with Gasteiger partial charge in [-0.25, -0.2) is 0 Å². The second kappa shape index (κ2) is 6.16. The van der Waals surface area contributed by atoms with Crippen molar-refractivity contribution in [1.82, 2.24) is 4.90 Å². The van der Waals surface area contributed by atoms with Gasteiger partial charge >= 0.3 is 0 Å². The molecular formula is C8H18N2O. The van der Waals surface area contributed by atoms with Gasteiger partial charge in [-0.3, -0.25) is 0 Å². The van der Waals surface area contributed by atoms with E-state index < -0.39 is 0 Å². The molecule has 0 N–H and O–H groups in total. The lowest BCUT2D eigenvalue weighted by Crippen LogP contribution is -2.16. The van der Waals surface area contributed by atoms with Crippen molar-refractivity contribution in [2.24, 2.45) is 5.16 Å². The van der Waals surface area contributed by atoms with Crippen molar-refractivity contribution in [3.63, 3.8) is 0 Å². The Kier molecular flexibility index (Phi) is 5.84. The highest BCUT2D eigenvalue weighted by atomic mass is 16.6. The molecule has 0 radical (unpaired) electrons. The Hall–Kier alpha value is -0.570. The number of hydrogen-bond acceptors (Lipinski definition) is 3. The second-order valence-corrected chi connectivity index (χ2v) is 2.75. The Morgan fingerprint density at radius 2 is 2.09 bits per heavy atom. The minimum absolute atomic E-state index is 0.974. The van der Waals surface area contributed by atoms with E-state index in [4.69, 9.17) is 4.84 Å². The molecule has 3 heteroatoms. The summed E-state index contributed by atoms with van der Waals surface area (Å²) in [5.74, 6) is 0. The summed E-state index contributed by atoms with van der Waals surface area (Å²) in [6.07, 6.45) is 1.97. The molecule has 66 valence electrons. The van der Waals surface area contributed by atoms with Gasteiger partial charge < -0.3 is 9.74 Å². The fourth-order valence-corrected chi connectivity index (χ4v) is 0.769. The third-order valence-electron chi connectivity index (χ3n) is 1.48. The van der Waals surface area contributed by atoms with Gasteiger partial charge in [0.1, 0.15) is 7.11 Å². The van der Waals surface area contributed by atoms with Crippen LogP contribution < -0.4 is 0 Å². The van der Waals surface area contributed by atoms with Crippen molar-refractivity contribution in [2.45, 2.75) is 19.8 Å². The molecule has 0 heterocycles. The predicted molar refractivity (Wildman–Crippen MR) is 47.9 cm³/mol. The molecule has 0 saturated carbocycles. The molecule has 0 aromatic heterocycles. The van der Waals surface area contributed by atoms with Gasteiger partial charge in [0.2, 0.25) is 0 Å². The lowest BCUT2D eigenvalue weighted by atomic mass is 10.2. The van der Waals surface area contributed by atoms with E-state index in [-0.39, 0.29) is 0 Å². The van der Waals surface area contributed by atoms with Gasteiger partial charge in [0.05, 0.1) is 5.71 Å². The summed E-state index contributed by atoms with van der Waals surface area (Å²) in [7, 11) is 5.70. The SMILES string of the molecule is CC/C(CCN(C)C)=N/OC. The first-order valence-corrected chi connectivity index (χ1v) is 3.94. The number of rotatable bonds is 5. The highest BCUT2D eigenvalue weighted by Gasteiger charge is 1.97. The summed E-state index contributed by atoms with van der Waals surface area (Å²) in [5.41, 5.74) is 1.13. The van der Waals surface area contributed by atoms with E-state index in [0.717, 1.165) is 25.1 Å². The molecule has 0 fully saturated rings. The normalized spacial score (nSPS) is 12.3. The average molecular weight is 158 g/mol. The van der Waals surface area contributed by atoms with Gasteiger partial charge in [-0.15, -0.1) is 0 Å². The van der Waals surface area contributed by atoms with Gasteiger partial charge in [0.15, 0.2) is 0 Å². The van der Waals surface area contributed by atoms with Crippen molar-refractivity contribution in [3.05, 3.63) is 0 Å². The Morgan fingerprint density at radius 1 is 1.45 bits per heavy atom. The molecule has 0 aliphatic rings. The lowest BCUT2D eigenvalue weighted by molar-refractivity contribution is 0.211. The summed E-state index contributed by atoms with van der Waals surface area (Å²) in [4.78, 5) is 6.84. The van der Waals surface area contributed by atoms with Gasteiger partial charge in [-0.2, -0.15) is 0 Å². The fraction of sp³-hybridized carbons (Fsp3) is 0.875. The predicted octanol–water partition coefficient (Wildman–Crippen LogP) is 1.35. The molecule has 0 saturated heterocycles. The molecule has 0 spiro atoms. The largest absolute Gasteiger partial charge is 0.399 e. The molecule has 0 amide bonds. The van der Waals surface area contributed by atoms with Crippen molar-refractivity contribution < 1.29 is 4.84 Å². The number of nitrogens with zero attached hydrogens (tertiary/aromatic N) is 2. The zero-order valence-electron chi connectivity index (χ0n) is 7.92. The minimum Gasteiger partial charge on any atom is -0.399 e. The van der Waals surface area contributed by atoms with Crippen LogP contribution in [0.1, 0.15) is 19.8 Å². The van der Waals surface area contributed by atoms with Crippen LogP contribution in [0.25, 0.3) is 0 Å². The van der Waals surface area contributed by atoms with Crippen LogP contribution in [0, 0.1) is 0 Å². The molecule has 0 aliphatic heterocycles. The smallest absolute Gasteiger partial charge is 0.106 e. The Morgan fingerprint density at radius 3 is 2.45 bits per heavy atom. The summed E-state index contributed by atoms with van der Waals surface area (Å²) in [5, 5.41) is 3.90. The maximum absolute atomic E-state index is 4.70. The van der Waals surface area contributed by atoms with Crippen LogP contribution in [0.2, 0.25) is 0 Å². The van der Waals surface area contributed by atoms with Gasteiger partial charge in [0, 0.05) is 13.0 Å². The number of hydrogen-bond donors (Lipinski definition) is 0. The van der Waals surface area contributed by atoms with E-state index >= 15 is 0 Å². The molecular weight excluding hydrogens is 140 g/mol. The molecule has 0 bridgehead atoms. The Balaban J connectivity index is 3.61. The average Bonchev–Trinajstić information content (AvgIpc) is 1.97. The first-order chi connectivity index (χ1) is 5.20. The highest BCUT2D eigenvalue weighted by Crippen LogP contribution is 1.94. The molecule has 0 unspecified atom stereocenters. The molecule has 0 rings (SSSR count). The van der Waals surface area contributed by atoms with E-state index in [2.05, 4.69) is 31.1 Å². The van der Waals surface area contributed by atoms with E-state index in [0.29, 0.717) is 0 Å².